The fourth-order valence-electron chi connectivity index (χ4n) is 2.24. The molecule has 1 aromatic carbocycles. The smallest absolute Gasteiger partial charge is 0.133 e. The van der Waals surface area contributed by atoms with Crippen molar-refractivity contribution in [3.63, 3.8) is 0 Å². The van der Waals surface area contributed by atoms with Crippen molar-refractivity contribution in [1.29, 1.82) is 0 Å². The van der Waals surface area contributed by atoms with Crippen LogP contribution in [0.3, 0.4) is 0 Å². The lowest BCUT2D eigenvalue weighted by Gasteiger charge is -2.08. The summed E-state index contributed by atoms with van der Waals surface area (Å²) >= 11 is 0. The number of rotatable bonds is 7. The van der Waals surface area contributed by atoms with Gasteiger partial charge in [0.2, 0.25) is 0 Å². The molecule has 0 aliphatic rings. The molecule has 1 nitrogen and oxygen atoms in total. The van der Waals surface area contributed by atoms with Crippen LogP contribution in [0, 0.1) is 12.8 Å². The minimum absolute atomic E-state index is 0.410. The summed E-state index contributed by atoms with van der Waals surface area (Å²) < 4.78 is 0. The lowest BCUT2D eigenvalue weighted by Crippen LogP contribution is -2.06. The van der Waals surface area contributed by atoms with E-state index in [1.807, 2.05) is 0 Å². The van der Waals surface area contributed by atoms with Gasteiger partial charge in [0.05, 0.1) is 0 Å². The fourth-order valence-corrected chi connectivity index (χ4v) is 2.24. The Morgan fingerprint density at radius 2 is 2.12 bits per heavy atom. The van der Waals surface area contributed by atoms with Gasteiger partial charge >= 0.3 is 0 Å². The molecule has 0 radical (unpaired) electrons. The Balaban J connectivity index is 2.33. The maximum Gasteiger partial charge on any atom is 0.133 e. The molecule has 0 heterocycles. The number of carbonyl (C=O) groups excluding carboxylic acids is 1. The van der Waals surface area contributed by atoms with Crippen molar-refractivity contribution >= 4 is 5.78 Å². The summed E-state index contributed by atoms with van der Waals surface area (Å²) in [6, 6.07) is 8.43. The standard InChI is InChI=1S/C16H24O/c1-4-6-13(2)12-16(17)10-9-15-8-5-7-14(3)11-15/h5,7-8,11,13H,4,6,9-10,12H2,1-3H3. The van der Waals surface area contributed by atoms with Crippen LogP contribution in [0.25, 0.3) is 0 Å². The van der Waals surface area contributed by atoms with E-state index in [0.717, 1.165) is 19.3 Å². The first-order valence-electron chi connectivity index (χ1n) is 6.69. The average molecular weight is 232 g/mol. The van der Waals surface area contributed by atoms with Gasteiger partial charge in [-0.25, -0.2) is 0 Å². The normalized spacial score (nSPS) is 12.4. The van der Waals surface area contributed by atoms with Gasteiger partial charge in [0.25, 0.3) is 0 Å². The minimum Gasteiger partial charge on any atom is -0.300 e. The van der Waals surface area contributed by atoms with Crippen molar-refractivity contribution in [3.05, 3.63) is 35.4 Å². The van der Waals surface area contributed by atoms with Gasteiger partial charge in [0, 0.05) is 12.8 Å². The Morgan fingerprint density at radius 1 is 1.35 bits per heavy atom. The first-order chi connectivity index (χ1) is 8.11. The third-order valence-electron chi connectivity index (χ3n) is 3.13. The fraction of sp³-hybridized carbons (Fsp3) is 0.562. The Morgan fingerprint density at radius 3 is 2.76 bits per heavy atom. The topological polar surface area (TPSA) is 17.1 Å². The van der Waals surface area contributed by atoms with E-state index >= 15 is 0 Å². The first kappa shape index (κ1) is 14.0. The Labute approximate surface area is 105 Å². The minimum atomic E-state index is 0.410. The van der Waals surface area contributed by atoms with Gasteiger partial charge < -0.3 is 0 Å². The van der Waals surface area contributed by atoms with Crippen LogP contribution in [-0.2, 0) is 11.2 Å². The number of ketones is 1. The molecule has 0 bridgehead atoms. The van der Waals surface area contributed by atoms with E-state index in [1.54, 1.807) is 0 Å². The quantitative estimate of drug-likeness (QED) is 0.684. The molecule has 0 fully saturated rings. The molecular weight excluding hydrogens is 208 g/mol. The summed E-state index contributed by atoms with van der Waals surface area (Å²) in [6.07, 6.45) is 4.67. The Kier molecular flexibility index (Phi) is 5.96. The molecule has 0 spiro atoms. The second kappa shape index (κ2) is 7.26. The Hall–Kier alpha value is -1.11. The van der Waals surface area contributed by atoms with E-state index < -0.39 is 0 Å². The summed E-state index contributed by atoms with van der Waals surface area (Å²) in [5.74, 6) is 0.956. The molecule has 1 atom stereocenters. The van der Waals surface area contributed by atoms with Crippen molar-refractivity contribution in [2.75, 3.05) is 0 Å². The summed E-state index contributed by atoms with van der Waals surface area (Å²) in [5, 5.41) is 0. The SMILES string of the molecule is CCCC(C)CC(=O)CCc1cccc(C)c1. The van der Waals surface area contributed by atoms with Gasteiger partial charge in [-0.15, -0.1) is 0 Å². The van der Waals surface area contributed by atoms with E-state index in [-0.39, 0.29) is 0 Å². The maximum atomic E-state index is 11.8. The van der Waals surface area contributed by atoms with Gasteiger partial charge in [0.15, 0.2) is 0 Å². The number of carbonyl (C=O) groups is 1. The molecule has 1 unspecified atom stereocenters. The predicted octanol–water partition coefficient (Wildman–Crippen LogP) is 4.32. The zero-order valence-electron chi connectivity index (χ0n) is 11.3. The monoisotopic (exact) mass is 232 g/mol. The van der Waals surface area contributed by atoms with Gasteiger partial charge in [0.1, 0.15) is 5.78 Å². The molecule has 0 N–H and O–H groups in total. The summed E-state index contributed by atoms with van der Waals surface area (Å²) in [4.78, 5) is 11.8. The molecule has 0 saturated heterocycles. The van der Waals surface area contributed by atoms with E-state index in [2.05, 4.69) is 45.0 Å². The third-order valence-corrected chi connectivity index (χ3v) is 3.13. The molecular formula is C16H24O. The molecule has 1 aromatic rings. The van der Waals surface area contributed by atoms with Crippen molar-refractivity contribution in [1.82, 2.24) is 0 Å². The van der Waals surface area contributed by atoms with Crippen LogP contribution in [0.2, 0.25) is 0 Å². The molecule has 0 saturated carbocycles. The highest BCUT2D eigenvalue weighted by Gasteiger charge is 2.08. The Bertz CT molecular complexity index is 354. The van der Waals surface area contributed by atoms with E-state index in [4.69, 9.17) is 0 Å². The highest BCUT2D eigenvalue weighted by Crippen LogP contribution is 2.13. The van der Waals surface area contributed by atoms with E-state index in [9.17, 15) is 4.79 Å². The van der Waals surface area contributed by atoms with Crippen LogP contribution in [0.5, 0.6) is 0 Å². The molecule has 0 aliphatic heterocycles. The van der Waals surface area contributed by atoms with Crippen LogP contribution in [-0.4, -0.2) is 5.78 Å². The summed E-state index contributed by atoms with van der Waals surface area (Å²) in [5.41, 5.74) is 2.55. The van der Waals surface area contributed by atoms with Gasteiger partial charge in [-0.1, -0.05) is 56.5 Å². The zero-order valence-corrected chi connectivity index (χ0v) is 11.3. The number of hydrogen-bond donors (Lipinski definition) is 0. The van der Waals surface area contributed by atoms with Crippen LogP contribution in [0.15, 0.2) is 24.3 Å². The highest BCUT2D eigenvalue weighted by atomic mass is 16.1. The van der Waals surface area contributed by atoms with Crippen molar-refractivity contribution in [2.45, 2.75) is 52.9 Å². The molecule has 17 heavy (non-hydrogen) atoms. The largest absolute Gasteiger partial charge is 0.300 e. The second-order valence-corrected chi connectivity index (χ2v) is 5.13. The maximum absolute atomic E-state index is 11.8. The van der Waals surface area contributed by atoms with E-state index in [0.29, 0.717) is 18.1 Å². The van der Waals surface area contributed by atoms with Crippen LogP contribution in [0.1, 0.15) is 50.7 Å². The van der Waals surface area contributed by atoms with Crippen LogP contribution >= 0.6 is 0 Å². The van der Waals surface area contributed by atoms with Crippen molar-refractivity contribution < 1.29 is 4.79 Å². The summed E-state index contributed by atoms with van der Waals surface area (Å²) in [6.45, 7) is 6.44. The van der Waals surface area contributed by atoms with Crippen LogP contribution in [0.4, 0.5) is 0 Å². The zero-order chi connectivity index (χ0) is 12.7. The first-order valence-corrected chi connectivity index (χ1v) is 6.69. The number of benzene rings is 1. The molecule has 1 heteroatoms. The molecule has 0 aromatic heterocycles. The number of Topliss-reactive ketones (excluding diaryl/α,β-unsaturated/α-hetero) is 1. The lowest BCUT2D eigenvalue weighted by molar-refractivity contribution is -0.119. The molecule has 0 aliphatic carbocycles. The van der Waals surface area contributed by atoms with Crippen molar-refractivity contribution in [3.8, 4) is 0 Å². The highest BCUT2D eigenvalue weighted by molar-refractivity contribution is 5.78. The van der Waals surface area contributed by atoms with Crippen LogP contribution < -0.4 is 0 Å². The molecule has 1 rings (SSSR count). The summed E-state index contributed by atoms with van der Waals surface area (Å²) in [7, 11) is 0. The van der Waals surface area contributed by atoms with Crippen molar-refractivity contribution in [2.24, 2.45) is 5.92 Å². The van der Waals surface area contributed by atoms with Gasteiger partial charge in [-0.05, 0) is 24.8 Å². The number of aryl methyl sites for hydroxylation is 2. The average Bonchev–Trinajstić information content (AvgIpc) is 2.27. The van der Waals surface area contributed by atoms with Gasteiger partial charge in [-0.3, -0.25) is 4.79 Å². The lowest BCUT2D eigenvalue weighted by atomic mass is 9.96. The number of hydrogen-bond acceptors (Lipinski definition) is 1. The molecule has 0 amide bonds. The van der Waals surface area contributed by atoms with E-state index in [1.165, 1.54) is 17.5 Å². The predicted molar refractivity (Wildman–Crippen MR) is 73.2 cm³/mol. The second-order valence-electron chi connectivity index (χ2n) is 5.13. The van der Waals surface area contributed by atoms with Gasteiger partial charge in [-0.2, -0.15) is 0 Å². The third kappa shape index (κ3) is 5.67. The molecule has 94 valence electrons.